The molecule has 1 unspecified atom stereocenters. The van der Waals surface area contributed by atoms with Crippen LogP contribution >= 0.6 is 0 Å². The smallest absolute Gasteiger partial charge is 0.337 e. The van der Waals surface area contributed by atoms with Crippen molar-refractivity contribution in [1.29, 1.82) is 0 Å². The number of fused-ring (bicyclic) bond motifs is 6. The van der Waals surface area contributed by atoms with Gasteiger partial charge in [-0.3, -0.25) is 9.59 Å². The first-order valence-electron chi connectivity index (χ1n) is 13.2. The molecule has 0 spiro atoms. The third-order valence-corrected chi connectivity index (χ3v) is 9.26. The van der Waals surface area contributed by atoms with Gasteiger partial charge in [0.2, 0.25) is 5.79 Å². The normalized spacial score (nSPS) is 33.5. The Bertz CT molecular complexity index is 1270. The van der Waals surface area contributed by atoms with E-state index in [1.807, 2.05) is 13.2 Å². The molecule has 1 aromatic heterocycles. The maximum atomic E-state index is 12.0. The lowest BCUT2D eigenvalue weighted by Gasteiger charge is -2.24. The van der Waals surface area contributed by atoms with Gasteiger partial charge in [0.15, 0.2) is 11.6 Å². The fraction of sp³-hybridized carbons (Fsp3) is 0.567. The molecule has 6 heteroatoms. The van der Waals surface area contributed by atoms with Crippen LogP contribution in [0.2, 0.25) is 0 Å². The number of ether oxygens (including phenoxy) is 1. The van der Waals surface area contributed by atoms with Crippen molar-refractivity contribution in [3.05, 3.63) is 51.0 Å². The van der Waals surface area contributed by atoms with Crippen LogP contribution in [0.5, 0.6) is 0 Å². The van der Waals surface area contributed by atoms with Crippen LogP contribution in [0.4, 0.5) is 0 Å². The van der Waals surface area contributed by atoms with Gasteiger partial charge in [0.1, 0.15) is 5.76 Å². The number of ketones is 2. The summed E-state index contributed by atoms with van der Waals surface area (Å²) < 4.78 is 10.8. The number of hydrogen-bond donors (Lipinski definition) is 1. The maximum absolute atomic E-state index is 12.0. The van der Waals surface area contributed by atoms with Gasteiger partial charge in [-0.05, 0) is 92.1 Å². The highest BCUT2D eigenvalue weighted by molar-refractivity contribution is 6.08. The van der Waals surface area contributed by atoms with Crippen LogP contribution in [-0.4, -0.2) is 28.4 Å². The topological polar surface area (TPSA) is 93.8 Å². The van der Waals surface area contributed by atoms with Crippen molar-refractivity contribution in [1.82, 2.24) is 0 Å². The molecule has 4 aliphatic carbocycles. The molecule has 2 heterocycles. The van der Waals surface area contributed by atoms with Gasteiger partial charge in [-0.15, -0.1) is 0 Å². The molecule has 36 heavy (non-hydrogen) atoms. The number of aliphatic hydroxyl groups is 1. The number of allylic oxidation sites excluding steroid dienone is 3. The van der Waals surface area contributed by atoms with Crippen LogP contribution in [0, 0.1) is 30.6 Å². The summed E-state index contributed by atoms with van der Waals surface area (Å²) in [4.78, 5) is 35.7. The molecule has 1 aliphatic heterocycles. The van der Waals surface area contributed by atoms with Gasteiger partial charge in [-0.25, -0.2) is 4.79 Å². The second kappa shape index (κ2) is 8.69. The lowest BCUT2D eigenvalue weighted by Crippen LogP contribution is -2.31. The van der Waals surface area contributed by atoms with E-state index in [1.54, 1.807) is 13.8 Å². The number of esters is 1. The number of hydrogen-bond acceptors (Lipinski definition) is 6. The molecule has 6 nitrogen and oxygen atoms in total. The van der Waals surface area contributed by atoms with E-state index in [0.717, 1.165) is 36.2 Å². The minimum absolute atomic E-state index is 0.112. The van der Waals surface area contributed by atoms with E-state index in [4.69, 9.17) is 9.15 Å². The third-order valence-electron chi connectivity index (χ3n) is 9.26. The molecular formula is C30H36O6. The molecule has 1 N–H and O–H groups in total. The quantitative estimate of drug-likeness (QED) is 0.486. The Kier molecular flexibility index (Phi) is 6.02. The van der Waals surface area contributed by atoms with E-state index in [9.17, 15) is 19.5 Å². The Morgan fingerprint density at radius 3 is 2.11 bits per heavy atom. The van der Waals surface area contributed by atoms with Gasteiger partial charge >= 0.3 is 5.97 Å². The number of rotatable bonds is 0. The van der Waals surface area contributed by atoms with Crippen molar-refractivity contribution in [2.75, 3.05) is 0 Å². The van der Waals surface area contributed by atoms with Crippen LogP contribution in [0.1, 0.15) is 83.6 Å². The third kappa shape index (κ3) is 3.68. The van der Waals surface area contributed by atoms with Gasteiger partial charge in [-0.2, -0.15) is 0 Å². The van der Waals surface area contributed by atoms with Crippen LogP contribution in [0.25, 0.3) is 5.57 Å². The van der Waals surface area contributed by atoms with Gasteiger partial charge < -0.3 is 14.3 Å². The Morgan fingerprint density at radius 1 is 0.861 bits per heavy atom. The number of furan rings is 1. The van der Waals surface area contributed by atoms with E-state index in [1.165, 1.54) is 16.7 Å². The second-order valence-corrected chi connectivity index (χ2v) is 11.5. The van der Waals surface area contributed by atoms with Gasteiger partial charge in [0, 0.05) is 42.4 Å². The molecule has 1 saturated carbocycles. The fourth-order valence-electron chi connectivity index (χ4n) is 6.98. The van der Waals surface area contributed by atoms with Gasteiger partial charge in [-0.1, -0.05) is 13.8 Å². The first-order valence-corrected chi connectivity index (χ1v) is 13.2. The minimum Gasteiger partial charge on any atom is -0.468 e. The fourth-order valence-corrected chi connectivity index (χ4v) is 6.98. The molecule has 5 atom stereocenters. The van der Waals surface area contributed by atoms with Crippen LogP contribution in [0.3, 0.4) is 0 Å². The standard InChI is InChI=1S/C15H18O4.C15H18O2/c1-7-4-5-15(18)13(9(3)14(17)19-15)12-8(2)11(16)6-10(7)12;1-8-4-5-13-14(9(2)7-17-13)15-10(3)12(16)6-11(8)15/h7,10,18H,4-6H2,1-3H3;7-8,11H,4-6H2,1-3H3/t7-,10+,15?;8-,11+/m00/s1. The highest BCUT2D eigenvalue weighted by Crippen LogP contribution is 2.52. The summed E-state index contributed by atoms with van der Waals surface area (Å²) in [7, 11) is 0. The minimum atomic E-state index is -1.52. The molecule has 192 valence electrons. The van der Waals surface area contributed by atoms with Crippen molar-refractivity contribution in [3.8, 4) is 0 Å². The number of Topliss-reactive ketones (excluding diaryl/α,β-unsaturated/α-hetero) is 2. The Hall–Kier alpha value is -2.73. The predicted octanol–water partition coefficient (Wildman–Crippen LogP) is 5.42. The van der Waals surface area contributed by atoms with Gasteiger partial charge in [0.05, 0.1) is 6.26 Å². The summed E-state index contributed by atoms with van der Waals surface area (Å²) >= 11 is 0. The van der Waals surface area contributed by atoms with E-state index in [0.29, 0.717) is 59.5 Å². The molecule has 0 saturated heterocycles. The predicted molar refractivity (Wildman–Crippen MR) is 135 cm³/mol. The average Bonchev–Trinajstić information content (AvgIpc) is 3.44. The molecule has 0 aromatic carbocycles. The lowest BCUT2D eigenvalue weighted by molar-refractivity contribution is -0.182. The molecule has 5 aliphatic rings. The number of carbonyl (C=O) groups is 3. The van der Waals surface area contributed by atoms with Crippen molar-refractivity contribution >= 4 is 23.1 Å². The zero-order valence-corrected chi connectivity index (χ0v) is 22.1. The molecule has 0 radical (unpaired) electrons. The SMILES string of the molecule is CC1=C2C3=C(C)C(=O)OC3(O)CC[C@H](C)[C@H]2CC1=O.CC1=C2c3c(C)coc3CC[C@H](C)[C@H]2CC1=O. The van der Waals surface area contributed by atoms with E-state index in [-0.39, 0.29) is 11.7 Å². The zero-order chi connectivity index (χ0) is 26.1. The first kappa shape index (κ1) is 24.9. The molecule has 1 fully saturated rings. The van der Waals surface area contributed by atoms with E-state index >= 15 is 0 Å². The Labute approximate surface area is 212 Å². The zero-order valence-electron chi connectivity index (χ0n) is 22.1. The molecule has 0 bridgehead atoms. The molecular weight excluding hydrogens is 456 g/mol. The first-order chi connectivity index (χ1) is 16.9. The largest absolute Gasteiger partial charge is 0.468 e. The summed E-state index contributed by atoms with van der Waals surface area (Å²) in [6.07, 6.45) is 6.31. The molecule has 0 amide bonds. The molecule has 6 rings (SSSR count). The van der Waals surface area contributed by atoms with Crippen LogP contribution in [0.15, 0.2) is 38.5 Å². The van der Waals surface area contributed by atoms with Crippen LogP contribution < -0.4 is 0 Å². The van der Waals surface area contributed by atoms with E-state index < -0.39 is 11.8 Å². The van der Waals surface area contributed by atoms with Gasteiger partial charge in [0.25, 0.3) is 0 Å². The van der Waals surface area contributed by atoms with Crippen molar-refractivity contribution in [2.45, 2.75) is 85.9 Å². The Morgan fingerprint density at radius 2 is 1.44 bits per heavy atom. The second-order valence-electron chi connectivity index (χ2n) is 11.5. The maximum Gasteiger partial charge on any atom is 0.337 e. The molecule has 1 aromatic rings. The summed E-state index contributed by atoms with van der Waals surface area (Å²) in [5, 5.41) is 10.7. The number of carbonyl (C=O) groups excluding carboxylic acids is 3. The van der Waals surface area contributed by atoms with Crippen molar-refractivity contribution in [2.24, 2.45) is 23.7 Å². The average molecular weight is 493 g/mol. The van der Waals surface area contributed by atoms with Crippen molar-refractivity contribution in [3.63, 3.8) is 0 Å². The number of aryl methyl sites for hydroxylation is 2. The Balaban J connectivity index is 0.000000149. The lowest BCUT2D eigenvalue weighted by atomic mass is 9.84. The summed E-state index contributed by atoms with van der Waals surface area (Å²) in [6, 6.07) is 0. The monoisotopic (exact) mass is 492 g/mol. The highest BCUT2D eigenvalue weighted by atomic mass is 16.7. The van der Waals surface area contributed by atoms with E-state index in [2.05, 4.69) is 20.8 Å². The summed E-state index contributed by atoms with van der Waals surface area (Å²) in [5.41, 5.74) is 7.23. The highest BCUT2D eigenvalue weighted by Gasteiger charge is 2.52. The van der Waals surface area contributed by atoms with Crippen molar-refractivity contribution < 1.29 is 28.6 Å². The van der Waals surface area contributed by atoms with Crippen LogP contribution in [-0.2, 0) is 25.5 Å². The summed E-state index contributed by atoms with van der Waals surface area (Å²) in [6.45, 7) is 11.9. The summed E-state index contributed by atoms with van der Waals surface area (Å²) in [5.74, 6) is 0.956.